The summed E-state index contributed by atoms with van der Waals surface area (Å²) < 4.78 is 5.79. The molecule has 6 nitrogen and oxygen atoms in total. The maximum atomic E-state index is 13.0. The Hall–Kier alpha value is -2.44. The van der Waals surface area contributed by atoms with Crippen molar-refractivity contribution in [3.05, 3.63) is 60.8 Å². The van der Waals surface area contributed by atoms with E-state index in [0.29, 0.717) is 19.3 Å². The fourth-order valence-corrected chi connectivity index (χ4v) is 6.04. The Balaban J connectivity index is 4.78. The number of hydrogen-bond donors (Lipinski definition) is 3. The van der Waals surface area contributed by atoms with Crippen LogP contribution in [0.4, 0.5) is 0 Å². The second-order valence-corrected chi connectivity index (χ2v) is 14.2. The van der Waals surface area contributed by atoms with Gasteiger partial charge in [0, 0.05) is 12.8 Å². The molecule has 0 aliphatic rings. The quantitative estimate of drug-likeness (QED) is 0.0341. The first-order chi connectivity index (χ1) is 25.0. The van der Waals surface area contributed by atoms with Crippen molar-refractivity contribution in [2.45, 2.75) is 206 Å². The molecule has 6 heteroatoms. The molecule has 0 fully saturated rings. The lowest BCUT2D eigenvalue weighted by atomic mass is 10.0. The summed E-state index contributed by atoms with van der Waals surface area (Å²) >= 11 is 0. The molecule has 3 N–H and O–H groups in total. The Morgan fingerprint density at radius 2 is 1.02 bits per heavy atom. The Kier molecular flexibility index (Phi) is 36.9. The number of hydrogen-bond acceptors (Lipinski definition) is 5. The van der Waals surface area contributed by atoms with Crippen molar-refractivity contribution in [3.8, 4) is 0 Å². The first-order valence-electron chi connectivity index (χ1n) is 21.1. The Bertz CT molecular complexity index is 937. The van der Waals surface area contributed by atoms with Gasteiger partial charge < -0.3 is 20.3 Å². The van der Waals surface area contributed by atoms with E-state index in [0.717, 1.165) is 44.9 Å². The maximum Gasteiger partial charge on any atom is 0.306 e. The third kappa shape index (κ3) is 34.4. The molecule has 0 aromatic heterocycles. The van der Waals surface area contributed by atoms with E-state index in [1.165, 1.54) is 96.3 Å². The summed E-state index contributed by atoms with van der Waals surface area (Å²) in [6.45, 7) is 6.25. The highest BCUT2D eigenvalue weighted by Crippen LogP contribution is 2.15. The molecule has 1 amide bonds. The van der Waals surface area contributed by atoms with Gasteiger partial charge in [0.25, 0.3) is 0 Å². The number of amides is 1. The van der Waals surface area contributed by atoms with Crippen LogP contribution in [0.15, 0.2) is 60.8 Å². The topological polar surface area (TPSA) is 95.9 Å². The smallest absolute Gasteiger partial charge is 0.306 e. The molecule has 0 aromatic carbocycles. The lowest BCUT2D eigenvalue weighted by molar-refractivity contribution is -0.150. The number of aliphatic hydroxyl groups is 2. The van der Waals surface area contributed by atoms with Gasteiger partial charge in [0.15, 0.2) is 0 Å². The van der Waals surface area contributed by atoms with Crippen LogP contribution in [-0.4, -0.2) is 46.9 Å². The van der Waals surface area contributed by atoms with Crippen molar-refractivity contribution in [1.82, 2.24) is 5.32 Å². The van der Waals surface area contributed by atoms with Gasteiger partial charge in [-0.3, -0.25) is 9.59 Å². The second-order valence-electron chi connectivity index (χ2n) is 14.2. The SMILES string of the molecule is CC/C=C/C=C/C=C\C=C/C=C/CC(CC(=O)NC(CO)C(O)CCCCCCCCCCCC)OC(=O)CCCCCCCCCCCCC. The summed E-state index contributed by atoms with van der Waals surface area (Å²) in [5.41, 5.74) is 0. The zero-order valence-corrected chi connectivity index (χ0v) is 33.2. The fraction of sp³-hybridized carbons (Fsp3) is 0.733. The zero-order valence-electron chi connectivity index (χ0n) is 33.2. The van der Waals surface area contributed by atoms with E-state index in [1.54, 1.807) is 0 Å². The van der Waals surface area contributed by atoms with Crippen molar-refractivity contribution >= 4 is 11.9 Å². The van der Waals surface area contributed by atoms with Crippen LogP contribution < -0.4 is 5.32 Å². The van der Waals surface area contributed by atoms with E-state index in [4.69, 9.17) is 4.74 Å². The monoisotopic (exact) mass is 714 g/mol. The highest BCUT2D eigenvalue weighted by molar-refractivity contribution is 5.77. The largest absolute Gasteiger partial charge is 0.461 e. The minimum Gasteiger partial charge on any atom is -0.461 e. The van der Waals surface area contributed by atoms with Crippen LogP contribution in [0, 0.1) is 0 Å². The summed E-state index contributed by atoms with van der Waals surface area (Å²) in [6.07, 6.45) is 45.9. The number of unbranched alkanes of at least 4 members (excludes halogenated alkanes) is 19. The van der Waals surface area contributed by atoms with Crippen LogP contribution in [0.3, 0.4) is 0 Å². The van der Waals surface area contributed by atoms with Crippen LogP contribution in [0.1, 0.15) is 188 Å². The van der Waals surface area contributed by atoms with Gasteiger partial charge >= 0.3 is 5.97 Å². The minimum atomic E-state index is -0.814. The third-order valence-electron chi connectivity index (χ3n) is 9.24. The van der Waals surface area contributed by atoms with Gasteiger partial charge in [-0.2, -0.15) is 0 Å². The van der Waals surface area contributed by atoms with Crippen molar-refractivity contribution in [1.29, 1.82) is 0 Å². The number of carbonyl (C=O) groups is 2. The molecule has 51 heavy (non-hydrogen) atoms. The number of nitrogens with one attached hydrogen (secondary N) is 1. The summed E-state index contributed by atoms with van der Waals surface area (Å²) in [4.78, 5) is 25.8. The molecule has 294 valence electrons. The lowest BCUT2D eigenvalue weighted by Crippen LogP contribution is -2.46. The van der Waals surface area contributed by atoms with Gasteiger partial charge in [-0.15, -0.1) is 0 Å². The molecule has 0 spiro atoms. The number of esters is 1. The first kappa shape index (κ1) is 48.6. The second kappa shape index (κ2) is 38.8. The van der Waals surface area contributed by atoms with E-state index in [-0.39, 0.29) is 24.9 Å². The van der Waals surface area contributed by atoms with Crippen molar-refractivity contribution in [2.75, 3.05) is 6.61 Å². The molecule has 0 saturated heterocycles. The fourth-order valence-electron chi connectivity index (χ4n) is 6.04. The molecule has 0 heterocycles. The van der Waals surface area contributed by atoms with Crippen LogP contribution in [0.2, 0.25) is 0 Å². The van der Waals surface area contributed by atoms with E-state index in [1.807, 2.05) is 54.7 Å². The predicted octanol–water partition coefficient (Wildman–Crippen LogP) is 11.7. The molecule has 0 radical (unpaired) electrons. The standard InChI is InChI=1S/C45H79NO5/c1-4-7-10-13-16-19-22-24-27-30-33-36-41(51-45(50)38-35-32-29-26-23-20-17-14-11-8-5-2)39-44(49)46-42(40-47)43(48)37-34-31-28-25-21-18-15-12-9-6-3/h7,10,13,16,19,22,24,27,30,33,41-43,47-48H,4-6,8-9,11-12,14-15,17-18,20-21,23,25-26,28-29,31-32,34-40H2,1-3H3,(H,46,49)/b10-7+,16-13+,22-19-,27-24-,33-30+. The van der Waals surface area contributed by atoms with Gasteiger partial charge in [-0.1, -0.05) is 210 Å². The molecule has 0 rings (SSSR count). The summed E-state index contributed by atoms with van der Waals surface area (Å²) in [6, 6.07) is -0.736. The predicted molar refractivity (Wildman–Crippen MR) is 218 cm³/mol. The summed E-state index contributed by atoms with van der Waals surface area (Å²) in [5.74, 6) is -0.612. The van der Waals surface area contributed by atoms with Crippen LogP contribution in [0.25, 0.3) is 0 Å². The lowest BCUT2D eigenvalue weighted by Gasteiger charge is -2.24. The van der Waals surface area contributed by atoms with Gasteiger partial charge in [0.05, 0.1) is 25.2 Å². The molecule has 3 unspecified atom stereocenters. The minimum absolute atomic E-state index is 0.0184. The van der Waals surface area contributed by atoms with E-state index < -0.39 is 18.2 Å². The molecule has 3 atom stereocenters. The highest BCUT2D eigenvalue weighted by atomic mass is 16.5. The number of ether oxygens (including phenoxy) is 1. The van der Waals surface area contributed by atoms with Crippen molar-refractivity contribution in [2.24, 2.45) is 0 Å². The maximum absolute atomic E-state index is 13.0. The van der Waals surface area contributed by atoms with Crippen molar-refractivity contribution in [3.63, 3.8) is 0 Å². The average molecular weight is 714 g/mol. The Labute approximate surface area is 314 Å². The van der Waals surface area contributed by atoms with E-state index in [9.17, 15) is 19.8 Å². The average Bonchev–Trinajstić information content (AvgIpc) is 3.12. The molecule has 0 aromatic rings. The third-order valence-corrected chi connectivity index (χ3v) is 9.24. The zero-order chi connectivity index (χ0) is 37.5. The van der Waals surface area contributed by atoms with Gasteiger partial charge in [-0.25, -0.2) is 0 Å². The van der Waals surface area contributed by atoms with Crippen molar-refractivity contribution < 1.29 is 24.5 Å². The number of carbonyl (C=O) groups excluding carboxylic acids is 2. The van der Waals surface area contributed by atoms with Gasteiger partial charge in [0.2, 0.25) is 5.91 Å². The molecule has 0 aliphatic heterocycles. The molecular weight excluding hydrogens is 634 g/mol. The summed E-state index contributed by atoms with van der Waals surface area (Å²) in [5, 5.41) is 23.5. The molecule has 0 saturated carbocycles. The van der Waals surface area contributed by atoms with E-state index >= 15 is 0 Å². The first-order valence-corrected chi connectivity index (χ1v) is 21.1. The normalized spacial score (nSPS) is 14.1. The Morgan fingerprint density at radius 1 is 0.588 bits per heavy atom. The van der Waals surface area contributed by atoms with Crippen LogP contribution in [-0.2, 0) is 14.3 Å². The molecule has 0 bridgehead atoms. The number of rotatable bonds is 36. The number of allylic oxidation sites excluding steroid dienone is 9. The van der Waals surface area contributed by atoms with E-state index in [2.05, 4.69) is 32.2 Å². The van der Waals surface area contributed by atoms with Gasteiger partial charge in [-0.05, 0) is 19.3 Å². The highest BCUT2D eigenvalue weighted by Gasteiger charge is 2.23. The summed E-state index contributed by atoms with van der Waals surface area (Å²) in [7, 11) is 0. The van der Waals surface area contributed by atoms with Gasteiger partial charge in [0.1, 0.15) is 6.10 Å². The van der Waals surface area contributed by atoms with Crippen LogP contribution >= 0.6 is 0 Å². The van der Waals surface area contributed by atoms with Crippen LogP contribution in [0.5, 0.6) is 0 Å². The number of aliphatic hydroxyl groups excluding tert-OH is 2. The Morgan fingerprint density at radius 3 is 1.49 bits per heavy atom. The molecule has 0 aliphatic carbocycles. The molecular formula is C45H79NO5.